The summed E-state index contributed by atoms with van der Waals surface area (Å²) in [6.07, 6.45) is -4.10. The van der Waals surface area contributed by atoms with Gasteiger partial charge >= 0.3 is 6.18 Å². The second-order valence-electron chi connectivity index (χ2n) is 3.32. The van der Waals surface area contributed by atoms with Crippen LogP contribution in [0.1, 0.15) is 6.42 Å². The number of nitrogens with two attached hydrogens (primary N) is 1. The summed E-state index contributed by atoms with van der Waals surface area (Å²) in [5.41, 5.74) is 5.01. The molecule has 88 valence electrons. The summed E-state index contributed by atoms with van der Waals surface area (Å²) in [6, 6.07) is 0. The van der Waals surface area contributed by atoms with Gasteiger partial charge in [-0.25, -0.2) is 0 Å². The molecule has 0 spiro atoms. The van der Waals surface area contributed by atoms with E-state index in [4.69, 9.17) is 15.2 Å². The lowest BCUT2D eigenvalue weighted by Gasteiger charge is -2.20. The Morgan fingerprint density at radius 3 is 2.67 bits per heavy atom. The van der Waals surface area contributed by atoms with Crippen molar-refractivity contribution in [2.45, 2.75) is 18.7 Å². The third-order valence-corrected chi connectivity index (χ3v) is 2.41. The molecule has 3 nitrogen and oxygen atoms in total. The van der Waals surface area contributed by atoms with Gasteiger partial charge in [0.1, 0.15) is 5.92 Å². The van der Waals surface area contributed by atoms with Crippen LogP contribution in [0.2, 0.25) is 0 Å². The molecule has 0 aliphatic carbocycles. The van der Waals surface area contributed by atoms with Crippen molar-refractivity contribution in [1.82, 2.24) is 0 Å². The highest BCUT2D eigenvalue weighted by Crippen LogP contribution is 2.27. The van der Waals surface area contributed by atoms with Crippen molar-refractivity contribution in [1.29, 1.82) is 0 Å². The van der Waals surface area contributed by atoms with Crippen molar-refractivity contribution < 1.29 is 22.6 Å². The van der Waals surface area contributed by atoms with Gasteiger partial charge in [0.25, 0.3) is 0 Å². The largest absolute Gasteiger partial charge is 0.400 e. The number of hydrogen-bond donors (Lipinski definition) is 1. The van der Waals surface area contributed by atoms with Crippen molar-refractivity contribution in [2.24, 2.45) is 11.7 Å². The molecule has 0 radical (unpaired) electrons. The van der Waals surface area contributed by atoms with Crippen LogP contribution in [0.25, 0.3) is 0 Å². The monoisotopic (exact) mass is 243 g/mol. The summed E-state index contributed by atoms with van der Waals surface area (Å²) in [5.74, 6) is -1.87. The van der Waals surface area contributed by atoms with E-state index < -0.39 is 23.7 Å². The highest BCUT2D eigenvalue weighted by Gasteiger charge is 2.42. The average Bonchev–Trinajstić information content (AvgIpc) is 2.53. The predicted octanol–water partition coefficient (Wildman–Crippen LogP) is 1.26. The average molecular weight is 243 g/mol. The number of hydrogen-bond acceptors (Lipinski definition) is 3. The first-order valence-electron chi connectivity index (χ1n) is 4.46. The van der Waals surface area contributed by atoms with E-state index in [-0.39, 0.29) is 6.10 Å². The Balaban J connectivity index is 2.41. The molecule has 15 heavy (non-hydrogen) atoms. The molecule has 0 amide bonds. The van der Waals surface area contributed by atoms with Gasteiger partial charge < -0.3 is 15.2 Å². The summed E-state index contributed by atoms with van der Waals surface area (Å²) in [5, 5.41) is 0. The second-order valence-corrected chi connectivity index (χ2v) is 3.79. The van der Waals surface area contributed by atoms with Crippen LogP contribution in [-0.4, -0.2) is 37.1 Å². The lowest BCUT2D eigenvalue weighted by atomic mass is 10.1. The number of rotatable bonds is 4. The van der Waals surface area contributed by atoms with E-state index in [1.54, 1.807) is 0 Å². The van der Waals surface area contributed by atoms with Crippen LogP contribution in [0.4, 0.5) is 13.2 Å². The molecule has 1 fully saturated rings. The van der Waals surface area contributed by atoms with Gasteiger partial charge in [-0.1, -0.05) is 12.2 Å². The Hall–Kier alpha value is -0.400. The van der Waals surface area contributed by atoms with E-state index >= 15 is 0 Å². The predicted molar refractivity (Wildman–Crippen MR) is 51.5 cm³/mol. The lowest BCUT2D eigenvalue weighted by Crippen LogP contribution is -2.39. The molecule has 1 saturated heterocycles. The molecule has 2 unspecified atom stereocenters. The van der Waals surface area contributed by atoms with Gasteiger partial charge in [0.15, 0.2) is 0 Å². The third-order valence-electron chi connectivity index (χ3n) is 2.13. The smallest absolute Gasteiger partial charge is 0.393 e. The zero-order chi connectivity index (χ0) is 11.5. The molecule has 2 N–H and O–H groups in total. The van der Waals surface area contributed by atoms with Crippen molar-refractivity contribution in [3.63, 3.8) is 0 Å². The lowest BCUT2D eigenvalue weighted by molar-refractivity contribution is -0.171. The summed E-state index contributed by atoms with van der Waals surface area (Å²) in [6.45, 7) is 0.337. The summed E-state index contributed by atoms with van der Waals surface area (Å²) in [4.78, 5) is -0.582. The van der Waals surface area contributed by atoms with E-state index in [2.05, 4.69) is 12.2 Å². The summed E-state index contributed by atoms with van der Waals surface area (Å²) in [7, 11) is 0. The third kappa shape index (κ3) is 3.92. The van der Waals surface area contributed by atoms with Crippen LogP contribution in [0.15, 0.2) is 0 Å². The Bertz CT molecular complexity index is 228. The Labute approximate surface area is 90.7 Å². The van der Waals surface area contributed by atoms with Crippen LogP contribution in [0.3, 0.4) is 0 Å². The minimum Gasteiger partial charge on any atom is -0.393 e. The minimum absolute atomic E-state index is 0.274. The molecule has 0 saturated carbocycles. The van der Waals surface area contributed by atoms with Crippen LogP contribution in [-0.2, 0) is 9.47 Å². The van der Waals surface area contributed by atoms with Crippen LogP contribution in [0.5, 0.6) is 0 Å². The van der Waals surface area contributed by atoms with Gasteiger partial charge in [-0.15, -0.1) is 0 Å². The number of halogens is 3. The maximum atomic E-state index is 12.4. The molecule has 1 heterocycles. The SMILES string of the molecule is NC(=S)C(COC1CCOC1)C(F)(F)F. The molecule has 2 atom stereocenters. The van der Waals surface area contributed by atoms with E-state index in [0.717, 1.165) is 0 Å². The Kier molecular flexibility index (Phi) is 4.30. The highest BCUT2D eigenvalue weighted by atomic mass is 32.1. The fourth-order valence-electron chi connectivity index (χ4n) is 1.21. The van der Waals surface area contributed by atoms with Crippen LogP contribution < -0.4 is 5.73 Å². The Morgan fingerprint density at radius 1 is 1.60 bits per heavy atom. The van der Waals surface area contributed by atoms with Crippen molar-refractivity contribution in [2.75, 3.05) is 19.8 Å². The van der Waals surface area contributed by atoms with Crippen LogP contribution in [0, 0.1) is 5.92 Å². The fourth-order valence-corrected chi connectivity index (χ4v) is 1.42. The molecule has 1 aliphatic rings. The van der Waals surface area contributed by atoms with Gasteiger partial charge in [-0.05, 0) is 6.42 Å². The quantitative estimate of drug-likeness (QED) is 0.755. The van der Waals surface area contributed by atoms with Gasteiger partial charge in [0, 0.05) is 6.61 Å². The minimum atomic E-state index is -4.44. The zero-order valence-electron chi connectivity index (χ0n) is 7.92. The van der Waals surface area contributed by atoms with Gasteiger partial charge in [-0.2, -0.15) is 13.2 Å². The summed E-state index contributed by atoms with van der Waals surface area (Å²) < 4.78 is 47.1. The standard InChI is InChI=1S/C8H12F3NO2S/c9-8(10,11)6(7(12)15)4-14-5-1-2-13-3-5/h5-6H,1-4H2,(H2,12,15). The molecule has 1 rings (SSSR count). The number of ether oxygens (including phenoxy) is 2. The van der Waals surface area contributed by atoms with Crippen molar-refractivity contribution >= 4 is 17.2 Å². The second kappa shape index (κ2) is 5.09. The van der Waals surface area contributed by atoms with Crippen molar-refractivity contribution in [3.05, 3.63) is 0 Å². The van der Waals surface area contributed by atoms with E-state index in [1.807, 2.05) is 0 Å². The van der Waals surface area contributed by atoms with Crippen LogP contribution >= 0.6 is 12.2 Å². The normalized spacial score (nSPS) is 24.1. The number of alkyl halides is 3. The molecular formula is C8H12F3NO2S. The highest BCUT2D eigenvalue weighted by molar-refractivity contribution is 7.80. The van der Waals surface area contributed by atoms with Crippen molar-refractivity contribution in [3.8, 4) is 0 Å². The molecule has 0 aromatic carbocycles. The topological polar surface area (TPSA) is 44.5 Å². The maximum Gasteiger partial charge on any atom is 0.400 e. The molecule has 1 aliphatic heterocycles. The maximum absolute atomic E-state index is 12.4. The first-order valence-corrected chi connectivity index (χ1v) is 4.87. The van der Waals surface area contributed by atoms with E-state index in [0.29, 0.717) is 19.6 Å². The first-order chi connectivity index (χ1) is 6.91. The molecule has 0 aromatic rings. The summed E-state index contributed by atoms with van der Waals surface area (Å²) >= 11 is 4.35. The zero-order valence-corrected chi connectivity index (χ0v) is 8.74. The molecule has 0 aromatic heterocycles. The van der Waals surface area contributed by atoms with E-state index in [9.17, 15) is 13.2 Å². The number of thiocarbonyl (C=S) groups is 1. The first kappa shape index (κ1) is 12.7. The van der Waals surface area contributed by atoms with Gasteiger partial charge in [0.05, 0.1) is 24.3 Å². The fraction of sp³-hybridized carbons (Fsp3) is 0.875. The van der Waals surface area contributed by atoms with Gasteiger partial charge in [-0.3, -0.25) is 0 Å². The molecule has 0 bridgehead atoms. The van der Waals surface area contributed by atoms with E-state index in [1.165, 1.54) is 0 Å². The molecular weight excluding hydrogens is 231 g/mol. The Morgan fingerprint density at radius 2 is 2.27 bits per heavy atom. The van der Waals surface area contributed by atoms with Gasteiger partial charge in [0.2, 0.25) is 0 Å². The molecule has 7 heteroatoms.